The second-order valence-electron chi connectivity index (χ2n) is 12.6. The van der Waals surface area contributed by atoms with E-state index in [4.69, 9.17) is 39.2 Å². The third kappa shape index (κ3) is 36.8. The fourth-order valence-corrected chi connectivity index (χ4v) is 6.15. The molecule has 2 atom stereocenters. The van der Waals surface area contributed by atoms with Crippen LogP contribution in [0.3, 0.4) is 0 Å². The highest BCUT2D eigenvalue weighted by Crippen LogP contribution is 2.33. The fourth-order valence-electron chi connectivity index (χ4n) is 4.82. The molecule has 0 aliphatic carbocycles. The summed E-state index contributed by atoms with van der Waals surface area (Å²) >= 11 is 1.46. The minimum absolute atomic E-state index is 0.0246. The zero-order chi connectivity index (χ0) is 37.0. The minimum atomic E-state index is -4.04. The number of rotatable bonds is 38. The highest BCUT2D eigenvalue weighted by atomic mass is 32.2. The van der Waals surface area contributed by atoms with Crippen molar-refractivity contribution < 1.29 is 47.6 Å². The summed E-state index contributed by atoms with van der Waals surface area (Å²) in [6.07, 6.45) is 18.2. The van der Waals surface area contributed by atoms with E-state index in [2.05, 4.69) is 24.5 Å². The van der Waals surface area contributed by atoms with Gasteiger partial charge in [0.2, 0.25) is 5.91 Å². The average molecular weight is 758 g/mol. The first-order valence-corrected chi connectivity index (χ1v) is 22.1. The Labute approximate surface area is 307 Å². The molecule has 50 heavy (non-hydrogen) atoms. The van der Waals surface area contributed by atoms with Crippen molar-refractivity contribution in [3.8, 4) is 0 Å². The molecule has 0 rings (SSSR count). The Bertz CT molecular complexity index is 828. The summed E-state index contributed by atoms with van der Waals surface area (Å²) in [6.45, 7) is 7.74. The number of thioether (sulfide) groups is 1. The van der Waals surface area contributed by atoms with Crippen molar-refractivity contribution in [3.05, 3.63) is 0 Å². The molecule has 0 spiro atoms. The van der Waals surface area contributed by atoms with Crippen molar-refractivity contribution in [2.75, 3.05) is 83.6 Å². The maximum atomic E-state index is 12.5. The number of unbranched alkanes of at least 4 members (excludes halogenated alkanes) is 14. The van der Waals surface area contributed by atoms with E-state index in [1.54, 1.807) is 0 Å². The van der Waals surface area contributed by atoms with Gasteiger partial charge in [-0.15, -0.1) is 0 Å². The van der Waals surface area contributed by atoms with Gasteiger partial charge >= 0.3 is 13.7 Å². The molecule has 15 heteroatoms. The number of carbonyl (C=O) groups is 2. The fraction of sp³-hybridized carbons (Fsp3) is 0.943. The summed E-state index contributed by atoms with van der Waals surface area (Å²) in [6, 6.07) is -0.719. The maximum Gasteiger partial charge on any atom is 0.407 e. The number of nitrogens with one attached hydrogen (secondary N) is 2. The Morgan fingerprint density at radius 2 is 1.16 bits per heavy atom. The molecule has 13 nitrogen and oxygen atoms in total. The Balaban J connectivity index is 4.23. The molecule has 0 saturated heterocycles. The Hall–Kier alpha value is -0.960. The smallest absolute Gasteiger partial charge is 0.407 e. The maximum absolute atomic E-state index is 12.5. The van der Waals surface area contributed by atoms with Gasteiger partial charge in [0, 0.05) is 31.2 Å². The normalized spacial score (nSPS) is 12.9. The molecule has 0 aromatic rings. The van der Waals surface area contributed by atoms with Crippen LogP contribution in [0.15, 0.2) is 0 Å². The number of hydrogen-bond donors (Lipinski definition) is 5. The van der Waals surface area contributed by atoms with Crippen LogP contribution in [0, 0.1) is 0 Å². The lowest BCUT2D eigenvalue weighted by Crippen LogP contribution is -2.43. The van der Waals surface area contributed by atoms with E-state index >= 15 is 0 Å². The first kappa shape index (κ1) is 49.0. The first-order chi connectivity index (χ1) is 24.2. The molecule has 0 aromatic carbocycles. The lowest BCUT2D eigenvalue weighted by Gasteiger charge is -2.19. The van der Waals surface area contributed by atoms with E-state index in [-0.39, 0.29) is 31.9 Å². The van der Waals surface area contributed by atoms with E-state index in [1.807, 2.05) is 0 Å². The van der Waals surface area contributed by atoms with Crippen molar-refractivity contribution >= 4 is 31.4 Å². The lowest BCUT2D eigenvalue weighted by atomic mass is 10.1. The SMILES string of the molecule is CCCCCCCCCCNC(=O)O[C@H](COCCCCCCCCCC)CSC[C@H](N)C(=O)NCCOCCOCCOCCP(=O)(O)O. The van der Waals surface area contributed by atoms with Gasteiger partial charge in [0.25, 0.3) is 0 Å². The molecule has 0 saturated carbocycles. The van der Waals surface area contributed by atoms with Crippen LogP contribution in [0.4, 0.5) is 4.79 Å². The molecule has 0 unspecified atom stereocenters. The number of carbonyl (C=O) groups excluding carboxylic acids is 2. The summed E-state index contributed by atoms with van der Waals surface area (Å²) in [5.74, 6) is 0.562. The van der Waals surface area contributed by atoms with Crippen LogP contribution in [0.2, 0.25) is 0 Å². The van der Waals surface area contributed by atoms with Crippen LogP contribution in [-0.4, -0.2) is 118 Å². The summed E-state index contributed by atoms with van der Waals surface area (Å²) in [5.41, 5.74) is 6.10. The molecule has 2 amide bonds. The molecule has 0 aromatic heterocycles. The number of hydrogen-bond acceptors (Lipinski definition) is 10. The number of alkyl carbamates (subject to hydrolysis) is 1. The first-order valence-electron chi connectivity index (χ1n) is 19.1. The molecule has 6 N–H and O–H groups in total. The highest BCUT2D eigenvalue weighted by Gasteiger charge is 2.18. The summed E-state index contributed by atoms with van der Waals surface area (Å²) < 4.78 is 38.2. The van der Waals surface area contributed by atoms with Gasteiger partial charge in [-0.1, -0.05) is 104 Å². The van der Waals surface area contributed by atoms with Crippen LogP contribution in [0.5, 0.6) is 0 Å². The monoisotopic (exact) mass is 757 g/mol. The van der Waals surface area contributed by atoms with Crippen LogP contribution < -0.4 is 16.4 Å². The summed E-state index contributed by atoms with van der Waals surface area (Å²) in [5, 5.41) is 5.64. The predicted octanol–water partition coefficient (Wildman–Crippen LogP) is 5.78. The Morgan fingerprint density at radius 1 is 0.640 bits per heavy atom. The minimum Gasteiger partial charge on any atom is -0.443 e. The largest absolute Gasteiger partial charge is 0.443 e. The number of amides is 2. The second kappa shape index (κ2) is 36.4. The Morgan fingerprint density at radius 3 is 1.74 bits per heavy atom. The molecular formula is C35H72N3O10PS. The van der Waals surface area contributed by atoms with Crippen molar-refractivity contribution in [1.82, 2.24) is 10.6 Å². The van der Waals surface area contributed by atoms with Gasteiger partial charge in [0.1, 0.15) is 6.10 Å². The van der Waals surface area contributed by atoms with Gasteiger partial charge in [-0.05, 0) is 12.8 Å². The highest BCUT2D eigenvalue weighted by molar-refractivity contribution is 7.99. The number of nitrogens with two attached hydrogens (primary N) is 1. The molecule has 298 valence electrons. The predicted molar refractivity (Wildman–Crippen MR) is 202 cm³/mol. The number of ether oxygens (including phenoxy) is 5. The molecule has 0 aliphatic rings. The van der Waals surface area contributed by atoms with Crippen LogP contribution in [-0.2, 0) is 33.0 Å². The molecule has 0 radical (unpaired) electrons. The van der Waals surface area contributed by atoms with Crippen LogP contribution >= 0.6 is 19.4 Å². The van der Waals surface area contributed by atoms with Crippen LogP contribution in [0.25, 0.3) is 0 Å². The molecule has 0 bridgehead atoms. The Kier molecular flexibility index (Phi) is 35.7. The van der Waals surface area contributed by atoms with Crippen molar-refractivity contribution in [3.63, 3.8) is 0 Å². The zero-order valence-corrected chi connectivity index (χ0v) is 33.0. The van der Waals surface area contributed by atoms with Gasteiger partial charge in [-0.2, -0.15) is 11.8 Å². The third-order valence-electron chi connectivity index (χ3n) is 7.77. The van der Waals surface area contributed by atoms with Crippen LogP contribution in [0.1, 0.15) is 117 Å². The lowest BCUT2D eigenvalue weighted by molar-refractivity contribution is -0.122. The zero-order valence-electron chi connectivity index (χ0n) is 31.3. The molecular weight excluding hydrogens is 685 g/mol. The van der Waals surface area contributed by atoms with E-state index < -0.39 is 25.8 Å². The second-order valence-corrected chi connectivity index (χ2v) is 15.5. The van der Waals surface area contributed by atoms with E-state index in [0.29, 0.717) is 57.6 Å². The van der Waals surface area contributed by atoms with Crippen molar-refractivity contribution in [1.29, 1.82) is 0 Å². The van der Waals surface area contributed by atoms with Gasteiger partial charge in [-0.25, -0.2) is 4.79 Å². The third-order valence-corrected chi connectivity index (χ3v) is 9.74. The molecule has 0 heterocycles. The topological polar surface area (TPSA) is 188 Å². The van der Waals surface area contributed by atoms with E-state index in [1.165, 1.54) is 88.8 Å². The van der Waals surface area contributed by atoms with Crippen molar-refractivity contribution in [2.45, 2.75) is 129 Å². The van der Waals surface area contributed by atoms with Gasteiger partial charge in [-0.3, -0.25) is 9.36 Å². The summed E-state index contributed by atoms with van der Waals surface area (Å²) in [7, 11) is -4.04. The van der Waals surface area contributed by atoms with Crippen molar-refractivity contribution in [2.24, 2.45) is 5.73 Å². The molecule has 0 fully saturated rings. The molecule has 0 aliphatic heterocycles. The quantitative estimate of drug-likeness (QED) is 0.0378. The summed E-state index contributed by atoms with van der Waals surface area (Å²) in [4.78, 5) is 42.5. The average Bonchev–Trinajstić information content (AvgIpc) is 3.08. The van der Waals surface area contributed by atoms with E-state index in [9.17, 15) is 14.2 Å². The van der Waals surface area contributed by atoms with Gasteiger partial charge in [0.15, 0.2) is 0 Å². The van der Waals surface area contributed by atoms with Gasteiger partial charge in [0.05, 0.1) is 58.5 Å². The standard InChI is InChI=1S/C35H72N3O10PS/c1-3-5-7-9-11-13-15-17-19-38-35(40)48-32(29-47-21-18-16-14-12-10-8-6-4-2)30-50-31-33(36)34(39)37-20-22-44-23-24-45-25-26-46-27-28-49(41,42)43/h32-33H,3-31,36H2,1-2H3,(H,37,39)(H,38,40)(H2,41,42,43)/t32-,33+/m1/s1. The van der Waals surface area contributed by atoms with Gasteiger partial charge < -0.3 is 49.8 Å². The van der Waals surface area contributed by atoms with E-state index in [0.717, 1.165) is 25.7 Å².